The fourth-order valence-electron chi connectivity index (χ4n) is 3.86. The molecule has 0 unspecified atom stereocenters. The maximum absolute atomic E-state index is 13.0. The molecule has 5 nitrogen and oxygen atoms in total. The van der Waals surface area contributed by atoms with Gasteiger partial charge in [0, 0.05) is 24.5 Å². The number of aryl methyl sites for hydroxylation is 1. The van der Waals surface area contributed by atoms with Crippen LogP contribution in [-0.4, -0.2) is 28.5 Å². The Morgan fingerprint density at radius 3 is 2.80 bits per heavy atom. The summed E-state index contributed by atoms with van der Waals surface area (Å²) >= 11 is 0. The predicted octanol–water partition coefficient (Wildman–Crippen LogP) is 3.81. The molecule has 1 aromatic heterocycles. The van der Waals surface area contributed by atoms with Gasteiger partial charge >= 0.3 is 0 Å². The van der Waals surface area contributed by atoms with E-state index >= 15 is 0 Å². The summed E-state index contributed by atoms with van der Waals surface area (Å²) in [5.74, 6) is 0.532. The monoisotopic (exact) mass is 336 g/mol. The van der Waals surface area contributed by atoms with Crippen molar-refractivity contribution >= 4 is 17.5 Å². The Labute approximate surface area is 148 Å². The number of carbonyl (C=O) groups is 1. The minimum atomic E-state index is -0.0405. The van der Waals surface area contributed by atoms with Gasteiger partial charge in [-0.15, -0.1) is 0 Å². The van der Waals surface area contributed by atoms with Crippen LogP contribution in [0.4, 0.5) is 11.6 Å². The number of rotatable bonds is 3. The highest BCUT2D eigenvalue weighted by atomic mass is 16.2. The minimum absolute atomic E-state index is 0.0405. The van der Waals surface area contributed by atoms with E-state index in [0.717, 1.165) is 37.9 Å². The van der Waals surface area contributed by atoms with Crippen LogP contribution >= 0.6 is 0 Å². The van der Waals surface area contributed by atoms with E-state index in [9.17, 15) is 4.79 Å². The first-order chi connectivity index (χ1) is 12.3. The molecule has 1 N–H and O–H groups in total. The number of nitrogens with zero attached hydrogens (tertiary/aromatic N) is 3. The summed E-state index contributed by atoms with van der Waals surface area (Å²) < 4.78 is 0. The maximum Gasteiger partial charge on any atom is 0.277 e. The summed E-state index contributed by atoms with van der Waals surface area (Å²) in [6.07, 6.45) is 9.82. The van der Waals surface area contributed by atoms with E-state index in [-0.39, 0.29) is 5.91 Å². The topological polar surface area (TPSA) is 58.1 Å². The third-order valence-corrected chi connectivity index (χ3v) is 5.17. The molecule has 2 aromatic rings. The van der Waals surface area contributed by atoms with Crippen LogP contribution in [0.5, 0.6) is 0 Å². The zero-order valence-corrected chi connectivity index (χ0v) is 14.4. The first-order valence-electron chi connectivity index (χ1n) is 9.30. The Bertz CT molecular complexity index is 755. The van der Waals surface area contributed by atoms with Crippen LogP contribution in [0.2, 0.25) is 0 Å². The van der Waals surface area contributed by atoms with Gasteiger partial charge in [0.05, 0.1) is 0 Å². The van der Waals surface area contributed by atoms with E-state index in [1.165, 1.54) is 24.8 Å². The lowest BCUT2D eigenvalue weighted by molar-refractivity contribution is 0.0980. The number of carbonyl (C=O) groups excluding carboxylic acids is 1. The predicted molar refractivity (Wildman–Crippen MR) is 99.0 cm³/mol. The standard InChI is InChI=1S/C20H24N4O/c25-19(24-14-6-8-15-7-4-5-11-18(15)24)17-12-13-21-20(23-17)22-16-9-2-1-3-10-16/h4-5,7,11-13,16H,1-3,6,8-10,14H2,(H,21,22,23). The molecule has 0 saturated heterocycles. The Morgan fingerprint density at radius 2 is 1.92 bits per heavy atom. The third kappa shape index (κ3) is 3.50. The van der Waals surface area contributed by atoms with Crippen LogP contribution in [0.25, 0.3) is 0 Å². The highest BCUT2D eigenvalue weighted by Crippen LogP contribution is 2.28. The molecule has 130 valence electrons. The lowest BCUT2D eigenvalue weighted by atomic mass is 9.96. The van der Waals surface area contributed by atoms with Crippen LogP contribution in [-0.2, 0) is 6.42 Å². The van der Waals surface area contributed by atoms with E-state index in [1.54, 1.807) is 12.3 Å². The smallest absolute Gasteiger partial charge is 0.277 e. The second kappa shape index (κ2) is 7.21. The van der Waals surface area contributed by atoms with Crippen molar-refractivity contribution in [2.75, 3.05) is 16.8 Å². The molecule has 0 bridgehead atoms. The molecule has 0 atom stereocenters. The molecule has 2 heterocycles. The first kappa shape index (κ1) is 16.1. The van der Waals surface area contributed by atoms with Gasteiger partial charge < -0.3 is 10.2 Å². The molecule has 2 aliphatic rings. The van der Waals surface area contributed by atoms with Crippen molar-refractivity contribution in [1.29, 1.82) is 0 Å². The maximum atomic E-state index is 13.0. The molecule has 0 radical (unpaired) electrons. The number of hydrogen-bond acceptors (Lipinski definition) is 4. The largest absolute Gasteiger partial charge is 0.351 e. The quantitative estimate of drug-likeness (QED) is 0.926. The zero-order valence-electron chi connectivity index (χ0n) is 14.4. The molecular formula is C20H24N4O. The number of amides is 1. The number of anilines is 2. The van der Waals surface area contributed by atoms with Gasteiger partial charge in [-0.25, -0.2) is 9.97 Å². The van der Waals surface area contributed by atoms with Gasteiger partial charge in [0.2, 0.25) is 5.95 Å². The van der Waals surface area contributed by atoms with Crippen LogP contribution < -0.4 is 10.2 Å². The van der Waals surface area contributed by atoms with Crippen LogP contribution in [0.1, 0.15) is 54.6 Å². The summed E-state index contributed by atoms with van der Waals surface area (Å²) in [6, 6.07) is 10.3. The minimum Gasteiger partial charge on any atom is -0.351 e. The normalized spacial score (nSPS) is 17.8. The van der Waals surface area contributed by atoms with Crippen molar-refractivity contribution in [1.82, 2.24) is 9.97 Å². The molecule has 0 spiro atoms. The molecule has 5 heteroatoms. The summed E-state index contributed by atoms with van der Waals surface area (Å²) in [6.45, 7) is 0.741. The third-order valence-electron chi connectivity index (χ3n) is 5.17. The second-order valence-electron chi connectivity index (χ2n) is 6.93. The molecule has 1 fully saturated rings. The Morgan fingerprint density at radius 1 is 1.08 bits per heavy atom. The number of hydrogen-bond donors (Lipinski definition) is 1. The van der Waals surface area contributed by atoms with Crippen molar-refractivity contribution < 1.29 is 4.79 Å². The van der Waals surface area contributed by atoms with Crippen molar-refractivity contribution in [2.45, 2.75) is 51.0 Å². The molecule has 25 heavy (non-hydrogen) atoms. The average molecular weight is 336 g/mol. The van der Waals surface area contributed by atoms with Gasteiger partial charge in [-0.05, 0) is 43.4 Å². The van der Waals surface area contributed by atoms with E-state index in [1.807, 2.05) is 23.1 Å². The number of nitrogens with one attached hydrogen (secondary N) is 1. The van der Waals surface area contributed by atoms with Gasteiger partial charge in [0.25, 0.3) is 5.91 Å². The molecule has 1 amide bonds. The van der Waals surface area contributed by atoms with E-state index < -0.39 is 0 Å². The van der Waals surface area contributed by atoms with E-state index in [0.29, 0.717) is 17.7 Å². The average Bonchev–Trinajstić information content (AvgIpc) is 2.68. The SMILES string of the molecule is O=C(c1ccnc(NC2CCCCC2)n1)N1CCCc2ccccc21. The van der Waals surface area contributed by atoms with Gasteiger partial charge in [-0.3, -0.25) is 4.79 Å². The van der Waals surface area contributed by atoms with E-state index in [4.69, 9.17) is 0 Å². The first-order valence-corrected chi connectivity index (χ1v) is 9.30. The number of aromatic nitrogens is 2. The molecular weight excluding hydrogens is 312 g/mol. The van der Waals surface area contributed by atoms with Crippen molar-refractivity contribution in [3.63, 3.8) is 0 Å². The molecule has 1 aliphatic heterocycles. The molecule has 1 saturated carbocycles. The fourth-order valence-corrected chi connectivity index (χ4v) is 3.86. The van der Waals surface area contributed by atoms with Crippen LogP contribution in [0.15, 0.2) is 36.5 Å². The Kier molecular flexibility index (Phi) is 4.63. The number of benzene rings is 1. The summed E-state index contributed by atoms with van der Waals surface area (Å²) in [5, 5.41) is 3.41. The number of fused-ring (bicyclic) bond motifs is 1. The van der Waals surface area contributed by atoms with Gasteiger partial charge in [0.15, 0.2) is 0 Å². The van der Waals surface area contributed by atoms with Crippen molar-refractivity contribution in [2.24, 2.45) is 0 Å². The highest BCUT2D eigenvalue weighted by molar-refractivity contribution is 6.05. The second-order valence-corrected chi connectivity index (χ2v) is 6.93. The zero-order chi connectivity index (χ0) is 17.1. The van der Waals surface area contributed by atoms with E-state index in [2.05, 4.69) is 21.4 Å². The van der Waals surface area contributed by atoms with Gasteiger partial charge in [0.1, 0.15) is 5.69 Å². The summed E-state index contributed by atoms with van der Waals surface area (Å²) in [5.41, 5.74) is 2.71. The molecule has 4 rings (SSSR count). The summed E-state index contributed by atoms with van der Waals surface area (Å²) in [7, 11) is 0. The van der Waals surface area contributed by atoms with Crippen molar-refractivity contribution in [3.05, 3.63) is 47.8 Å². The molecule has 1 aromatic carbocycles. The lowest BCUT2D eigenvalue weighted by Crippen LogP contribution is -2.36. The molecule has 1 aliphatic carbocycles. The fraction of sp³-hybridized carbons (Fsp3) is 0.450. The highest BCUT2D eigenvalue weighted by Gasteiger charge is 2.24. The Hall–Kier alpha value is -2.43. The summed E-state index contributed by atoms with van der Waals surface area (Å²) in [4.78, 5) is 23.7. The number of para-hydroxylation sites is 1. The van der Waals surface area contributed by atoms with Crippen molar-refractivity contribution in [3.8, 4) is 0 Å². The van der Waals surface area contributed by atoms with Crippen LogP contribution in [0, 0.1) is 0 Å². The van der Waals surface area contributed by atoms with Gasteiger partial charge in [-0.1, -0.05) is 37.5 Å². The lowest BCUT2D eigenvalue weighted by Gasteiger charge is -2.29. The van der Waals surface area contributed by atoms with Crippen LogP contribution in [0.3, 0.4) is 0 Å². The van der Waals surface area contributed by atoms with Gasteiger partial charge in [-0.2, -0.15) is 0 Å². The Balaban J connectivity index is 1.54.